The Hall–Kier alpha value is -3.11. The van der Waals surface area contributed by atoms with E-state index in [0.29, 0.717) is 24.3 Å². The number of benzene rings is 2. The second-order valence-corrected chi connectivity index (χ2v) is 7.71. The zero-order valence-corrected chi connectivity index (χ0v) is 17.5. The molecule has 0 spiro atoms. The molecule has 0 aliphatic rings. The van der Waals surface area contributed by atoms with Crippen molar-refractivity contribution in [1.82, 2.24) is 0 Å². The van der Waals surface area contributed by atoms with Crippen LogP contribution in [0.3, 0.4) is 0 Å². The van der Waals surface area contributed by atoms with Crippen molar-refractivity contribution in [3.63, 3.8) is 0 Å². The van der Waals surface area contributed by atoms with Crippen LogP contribution >= 0.6 is 0 Å². The van der Waals surface area contributed by atoms with Crippen LogP contribution in [0.15, 0.2) is 54.6 Å². The molecular weight excluding hydrogens is 549 g/mol. The number of alkyl halides is 13. The molecule has 2 aromatic carbocycles. The molecule has 37 heavy (non-hydrogen) atoms. The van der Waals surface area contributed by atoms with Crippen LogP contribution in [-0.4, -0.2) is 45.8 Å². The van der Waals surface area contributed by atoms with Gasteiger partial charge in [-0.1, -0.05) is 30.3 Å². The van der Waals surface area contributed by atoms with Crippen LogP contribution in [-0.2, 0) is 5.60 Å². The summed E-state index contributed by atoms with van der Waals surface area (Å²) < 4.78 is 176. The maximum atomic E-state index is 14.6. The smallest absolute Gasteiger partial charge is 0.380 e. The molecule has 17 heteroatoms. The van der Waals surface area contributed by atoms with E-state index in [1.165, 1.54) is 6.07 Å². The van der Waals surface area contributed by atoms with E-state index in [4.69, 9.17) is 0 Å². The van der Waals surface area contributed by atoms with Gasteiger partial charge in [-0.05, 0) is 23.3 Å². The summed E-state index contributed by atoms with van der Waals surface area (Å²) in [5.74, 6) is -38.2. The molecular formula is C20H12F13NO3. The van der Waals surface area contributed by atoms with Gasteiger partial charge in [0.2, 0.25) is 0 Å². The van der Waals surface area contributed by atoms with E-state index in [9.17, 15) is 72.3 Å². The minimum atomic E-state index is -8.08. The van der Waals surface area contributed by atoms with E-state index in [1.54, 1.807) is 0 Å². The number of nitro groups is 1. The third-order valence-corrected chi connectivity index (χ3v) is 5.28. The zero-order chi connectivity index (χ0) is 28.9. The highest BCUT2D eigenvalue weighted by Gasteiger charge is 2.90. The number of aliphatic hydroxyl groups is 1. The average Bonchev–Trinajstić information content (AvgIpc) is 2.78. The summed E-state index contributed by atoms with van der Waals surface area (Å²) in [7, 11) is 0. The molecule has 2 aromatic rings. The van der Waals surface area contributed by atoms with E-state index < -0.39 is 69.5 Å². The highest BCUT2D eigenvalue weighted by Crippen LogP contribution is 2.61. The molecule has 0 aliphatic heterocycles. The lowest BCUT2D eigenvalue weighted by molar-refractivity contribution is -0.441. The van der Waals surface area contributed by atoms with Crippen LogP contribution in [0, 0.1) is 10.1 Å². The van der Waals surface area contributed by atoms with Crippen molar-refractivity contribution in [3.05, 3.63) is 75.8 Å². The lowest BCUT2D eigenvalue weighted by atomic mass is 9.79. The first-order chi connectivity index (χ1) is 16.5. The Labute approximate surface area is 197 Å². The first-order valence-corrected chi connectivity index (χ1v) is 9.46. The average molecular weight is 561 g/mol. The molecule has 206 valence electrons. The van der Waals surface area contributed by atoms with Crippen LogP contribution in [0.1, 0.15) is 17.5 Å². The molecule has 2 rings (SSSR count). The monoisotopic (exact) mass is 561 g/mol. The number of hydrogen-bond acceptors (Lipinski definition) is 3. The minimum absolute atomic E-state index is 0.518. The first-order valence-electron chi connectivity index (χ1n) is 9.46. The largest absolute Gasteiger partial charge is 0.460 e. The predicted molar refractivity (Wildman–Crippen MR) is 97.9 cm³/mol. The van der Waals surface area contributed by atoms with Crippen LogP contribution in [0.25, 0.3) is 0 Å². The second-order valence-electron chi connectivity index (χ2n) is 7.71. The Kier molecular flexibility index (Phi) is 7.34. The van der Waals surface area contributed by atoms with Crippen molar-refractivity contribution in [2.24, 2.45) is 0 Å². The third kappa shape index (κ3) is 4.68. The third-order valence-electron chi connectivity index (χ3n) is 5.28. The molecule has 4 nitrogen and oxygen atoms in total. The highest BCUT2D eigenvalue weighted by molar-refractivity contribution is 5.41. The van der Waals surface area contributed by atoms with Gasteiger partial charge in [-0.2, -0.15) is 57.1 Å². The van der Waals surface area contributed by atoms with Gasteiger partial charge in [-0.15, -0.1) is 0 Å². The SMILES string of the molecule is O=[N+]([O-])c1ccc(C(O)(CC(F)(F)C(F)(F)C(F)(F)C(F)(F)C(F)(F)C(F)(F)F)c2ccccc2)cc1. The molecule has 0 heterocycles. The minimum Gasteiger partial charge on any atom is -0.380 e. The summed E-state index contributed by atoms with van der Waals surface area (Å²) >= 11 is 0. The number of rotatable bonds is 9. The first kappa shape index (κ1) is 30.1. The number of hydrogen-bond donors (Lipinski definition) is 1. The molecule has 0 amide bonds. The van der Waals surface area contributed by atoms with Gasteiger partial charge >= 0.3 is 35.8 Å². The summed E-state index contributed by atoms with van der Waals surface area (Å²) in [5.41, 5.74) is -5.94. The van der Waals surface area contributed by atoms with E-state index >= 15 is 0 Å². The van der Waals surface area contributed by atoms with Crippen molar-refractivity contribution in [1.29, 1.82) is 0 Å². The lowest BCUT2D eigenvalue weighted by Gasteiger charge is -2.42. The summed E-state index contributed by atoms with van der Waals surface area (Å²) in [5, 5.41) is 21.7. The molecule has 0 saturated heterocycles. The van der Waals surface area contributed by atoms with Crippen LogP contribution in [0.5, 0.6) is 0 Å². The van der Waals surface area contributed by atoms with Crippen molar-refractivity contribution < 1.29 is 67.1 Å². The van der Waals surface area contributed by atoms with Gasteiger partial charge in [0.1, 0.15) is 5.60 Å². The molecule has 1 atom stereocenters. The number of non-ortho nitro benzene ring substituents is 1. The van der Waals surface area contributed by atoms with Crippen LogP contribution in [0.2, 0.25) is 0 Å². The Balaban J connectivity index is 2.67. The van der Waals surface area contributed by atoms with E-state index in [0.717, 1.165) is 24.3 Å². The summed E-state index contributed by atoms with van der Waals surface area (Å²) in [4.78, 5) is 9.76. The van der Waals surface area contributed by atoms with Gasteiger partial charge < -0.3 is 5.11 Å². The van der Waals surface area contributed by atoms with E-state index in [-0.39, 0.29) is 0 Å². The summed E-state index contributed by atoms with van der Waals surface area (Å²) in [6, 6.07) is 6.90. The topological polar surface area (TPSA) is 63.4 Å². The van der Waals surface area contributed by atoms with Crippen molar-refractivity contribution >= 4 is 5.69 Å². The summed E-state index contributed by atoms with van der Waals surface area (Å²) in [6.45, 7) is 0. The van der Waals surface area contributed by atoms with Crippen molar-refractivity contribution in [2.75, 3.05) is 0 Å². The molecule has 0 radical (unpaired) electrons. The summed E-state index contributed by atoms with van der Waals surface area (Å²) in [6.07, 6.45) is -10.5. The Morgan fingerprint density at radius 1 is 0.622 bits per heavy atom. The standard InChI is InChI=1S/C20H12F13NO3/c21-15(22,16(23,24)17(25,26)18(27,28)19(29,30)20(31,32)33)10-14(35,11-4-2-1-3-5-11)12-6-8-13(9-7-12)34(36)37/h1-9,35H,10H2. The second kappa shape index (κ2) is 9.02. The van der Waals surface area contributed by atoms with E-state index in [1.807, 2.05) is 0 Å². The maximum Gasteiger partial charge on any atom is 0.460 e. The maximum absolute atomic E-state index is 14.6. The molecule has 0 saturated carbocycles. The molecule has 0 fully saturated rings. The number of halogens is 13. The molecule has 0 aromatic heterocycles. The number of nitro benzene ring substituents is 1. The van der Waals surface area contributed by atoms with Crippen molar-refractivity contribution in [3.8, 4) is 0 Å². The lowest BCUT2D eigenvalue weighted by Crippen LogP contribution is -2.70. The highest BCUT2D eigenvalue weighted by atomic mass is 19.4. The van der Waals surface area contributed by atoms with E-state index in [2.05, 4.69) is 0 Å². The zero-order valence-electron chi connectivity index (χ0n) is 17.5. The Morgan fingerprint density at radius 2 is 1.03 bits per heavy atom. The quantitative estimate of drug-likeness (QED) is 0.205. The normalized spacial score (nSPS) is 15.8. The van der Waals surface area contributed by atoms with Gasteiger partial charge in [0.25, 0.3) is 5.69 Å². The van der Waals surface area contributed by atoms with Gasteiger partial charge in [0.05, 0.1) is 11.3 Å². The Morgan fingerprint density at radius 3 is 1.43 bits per heavy atom. The van der Waals surface area contributed by atoms with Crippen molar-refractivity contribution in [2.45, 2.75) is 47.8 Å². The van der Waals surface area contributed by atoms with Crippen LogP contribution in [0.4, 0.5) is 62.8 Å². The van der Waals surface area contributed by atoms with Crippen LogP contribution < -0.4 is 0 Å². The van der Waals surface area contributed by atoms with Gasteiger partial charge in [-0.25, -0.2) is 0 Å². The van der Waals surface area contributed by atoms with Gasteiger partial charge in [-0.3, -0.25) is 10.1 Å². The Bertz CT molecular complexity index is 1120. The molecule has 0 bridgehead atoms. The fourth-order valence-corrected chi connectivity index (χ4v) is 3.18. The fraction of sp³-hybridized carbons (Fsp3) is 0.400. The van der Waals surface area contributed by atoms with Gasteiger partial charge in [0.15, 0.2) is 0 Å². The van der Waals surface area contributed by atoms with Gasteiger partial charge in [0, 0.05) is 12.1 Å². The molecule has 1 unspecified atom stereocenters. The molecule has 1 N–H and O–H groups in total. The molecule has 0 aliphatic carbocycles. The fourth-order valence-electron chi connectivity index (χ4n) is 3.18. The predicted octanol–water partition coefficient (Wildman–Crippen LogP) is 6.96. The number of nitrogens with zero attached hydrogens (tertiary/aromatic N) is 1.